The highest BCUT2D eigenvalue weighted by atomic mass is 16.6. The summed E-state index contributed by atoms with van der Waals surface area (Å²) in [6.45, 7) is 4.06. The van der Waals surface area contributed by atoms with Gasteiger partial charge in [-0.15, -0.1) is 0 Å². The Labute approximate surface area is 177 Å². The Bertz CT molecular complexity index is 486. The molecule has 0 spiro atoms. The summed E-state index contributed by atoms with van der Waals surface area (Å²) in [6, 6.07) is 0. The van der Waals surface area contributed by atoms with Crippen LogP contribution in [0.25, 0.3) is 0 Å². The van der Waals surface area contributed by atoms with Gasteiger partial charge in [-0.05, 0) is 19.3 Å². The van der Waals surface area contributed by atoms with Crippen LogP contribution in [0.15, 0.2) is 11.6 Å². The second-order valence-corrected chi connectivity index (χ2v) is 8.16. The van der Waals surface area contributed by atoms with Gasteiger partial charge in [0.1, 0.15) is 6.10 Å². The first-order valence-corrected chi connectivity index (χ1v) is 11.8. The number of hydrogen-bond acceptors (Lipinski definition) is 5. The number of hydrogen-bond donors (Lipinski definition) is 1. The number of allylic oxidation sites excluding steroid dienone is 1. The van der Waals surface area contributed by atoms with Crippen LogP contribution in [-0.2, 0) is 19.1 Å². The highest BCUT2D eigenvalue weighted by molar-refractivity contribution is 5.90. The lowest BCUT2D eigenvalue weighted by Crippen LogP contribution is -2.34. The molecule has 0 aromatic rings. The Hall–Kier alpha value is -1.36. The number of ether oxygens (including phenoxy) is 2. The SMILES string of the molecule is CCCCCCCC/C=C1/C[C@@H]([C@H](CO)OC(=O)CCCCCCCC)OC1=O. The largest absolute Gasteiger partial charge is 0.456 e. The van der Waals surface area contributed by atoms with Crippen molar-refractivity contribution >= 4 is 11.9 Å². The van der Waals surface area contributed by atoms with Gasteiger partial charge < -0.3 is 14.6 Å². The van der Waals surface area contributed by atoms with Crippen LogP contribution in [0.5, 0.6) is 0 Å². The Balaban J connectivity index is 2.29. The van der Waals surface area contributed by atoms with Crippen molar-refractivity contribution in [2.75, 3.05) is 6.61 Å². The predicted molar refractivity (Wildman–Crippen MR) is 116 cm³/mol. The van der Waals surface area contributed by atoms with Crippen molar-refractivity contribution in [3.05, 3.63) is 11.6 Å². The van der Waals surface area contributed by atoms with Gasteiger partial charge in [-0.3, -0.25) is 4.79 Å². The molecule has 0 amide bonds. The van der Waals surface area contributed by atoms with Gasteiger partial charge in [0, 0.05) is 18.4 Å². The van der Waals surface area contributed by atoms with Crippen molar-refractivity contribution in [3.8, 4) is 0 Å². The molecule has 1 aliphatic rings. The molecule has 0 bridgehead atoms. The third kappa shape index (κ3) is 11.4. The lowest BCUT2D eigenvalue weighted by atomic mass is 10.0. The predicted octanol–water partition coefficient (Wildman–Crippen LogP) is 5.63. The Morgan fingerprint density at radius 2 is 1.62 bits per heavy atom. The van der Waals surface area contributed by atoms with Crippen LogP contribution >= 0.6 is 0 Å². The first-order chi connectivity index (χ1) is 14.1. The molecule has 0 aromatic carbocycles. The van der Waals surface area contributed by atoms with Crippen molar-refractivity contribution in [1.82, 2.24) is 0 Å². The Morgan fingerprint density at radius 1 is 1.03 bits per heavy atom. The number of carbonyl (C=O) groups is 2. The number of carbonyl (C=O) groups excluding carboxylic acids is 2. The highest BCUT2D eigenvalue weighted by Crippen LogP contribution is 2.25. The zero-order valence-electron chi connectivity index (χ0n) is 18.6. The third-order valence-electron chi connectivity index (χ3n) is 5.50. The second-order valence-electron chi connectivity index (χ2n) is 8.16. The molecular formula is C24H42O5. The lowest BCUT2D eigenvalue weighted by molar-refractivity contribution is -0.164. The number of aliphatic hydroxyl groups is 1. The molecule has 29 heavy (non-hydrogen) atoms. The fourth-order valence-electron chi connectivity index (χ4n) is 3.64. The van der Waals surface area contributed by atoms with Crippen LogP contribution in [0, 0.1) is 0 Å². The summed E-state index contributed by atoms with van der Waals surface area (Å²) in [4.78, 5) is 24.1. The summed E-state index contributed by atoms with van der Waals surface area (Å²) in [5.74, 6) is -0.661. The molecule has 5 nitrogen and oxygen atoms in total. The van der Waals surface area contributed by atoms with Crippen LogP contribution in [-0.4, -0.2) is 35.9 Å². The van der Waals surface area contributed by atoms with Gasteiger partial charge in [-0.2, -0.15) is 0 Å². The van der Waals surface area contributed by atoms with Crippen molar-refractivity contribution in [2.24, 2.45) is 0 Å². The van der Waals surface area contributed by atoms with Crippen molar-refractivity contribution < 1.29 is 24.2 Å². The van der Waals surface area contributed by atoms with E-state index in [4.69, 9.17) is 9.47 Å². The number of unbranched alkanes of at least 4 members (excludes halogenated alkanes) is 11. The second kappa shape index (κ2) is 16.4. The van der Waals surface area contributed by atoms with Crippen LogP contribution in [0.1, 0.15) is 110 Å². The molecule has 0 aromatic heterocycles. The van der Waals surface area contributed by atoms with Gasteiger partial charge in [-0.25, -0.2) is 4.79 Å². The van der Waals surface area contributed by atoms with Crippen LogP contribution in [0.2, 0.25) is 0 Å². The summed E-state index contributed by atoms with van der Waals surface area (Å²) >= 11 is 0. The minimum atomic E-state index is -0.772. The fraction of sp³-hybridized carbons (Fsp3) is 0.833. The monoisotopic (exact) mass is 410 g/mol. The van der Waals surface area contributed by atoms with Gasteiger partial charge in [0.05, 0.1) is 6.61 Å². The molecule has 0 saturated carbocycles. The molecule has 0 radical (unpaired) electrons. The molecule has 0 unspecified atom stereocenters. The summed E-state index contributed by atoms with van der Waals surface area (Å²) in [5.41, 5.74) is 0.647. The molecule has 0 aliphatic carbocycles. The van der Waals surface area contributed by atoms with Gasteiger partial charge in [-0.1, -0.05) is 84.1 Å². The van der Waals surface area contributed by atoms with E-state index in [2.05, 4.69) is 13.8 Å². The average molecular weight is 411 g/mol. The van der Waals surface area contributed by atoms with Gasteiger partial charge in [0.2, 0.25) is 0 Å². The summed E-state index contributed by atoms with van der Waals surface area (Å²) in [7, 11) is 0. The molecule has 1 N–H and O–H groups in total. The fourth-order valence-corrected chi connectivity index (χ4v) is 3.64. The molecule has 1 fully saturated rings. The maximum Gasteiger partial charge on any atom is 0.334 e. The van der Waals surface area contributed by atoms with Gasteiger partial charge >= 0.3 is 11.9 Å². The minimum absolute atomic E-state index is 0.319. The van der Waals surface area contributed by atoms with E-state index < -0.39 is 12.2 Å². The Kier molecular flexibility index (Phi) is 14.6. The van der Waals surface area contributed by atoms with Crippen LogP contribution < -0.4 is 0 Å². The van der Waals surface area contributed by atoms with E-state index >= 15 is 0 Å². The molecule has 168 valence electrons. The molecule has 1 heterocycles. The molecule has 1 saturated heterocycles. The number of aliphatic hydroxyl groups excluding tert-OH is 1. The van der Waals surface area contributed by atoms with E-state index in [1.165, 1.54) is 51.4 Å². The van der Waals surface area contributed by atoms with Crippen molar-refractivity contribution in [2.45, 2.75) is 122 Å². The molecule has 2 atom stereocenters. The summed E-state index contributed by atoms with van der Waals surface area (Å²) in [6.07, 6.45) is 16.1. The zero-order chi connectivity index (χ0) is 21.3. The minimum Gasteiger partial charge on any atom is -0.456 e. The van der Waals surface area contributed by atoms with E-state index in [0.29, 0.717) is 18.4 Å². The first kappa shape index (κ1) is 25.7. The first-order valence-electron chi connectivity index (χ1n) is 11.8. The van der Waals surface area contributed by atoms with Crippen molar-refractivity contribution in [1.29, 1.82) is 0 Å². The molecule has 1 aliphatic heterocycles. The van der Waals surface area contributed by atoms with E-state index in [0.717, 1.165) is 32.1 Å². The lowest BCUT2D eigenvalue weighted by Gasteiger charge is -2.20. The highest BCUT2D eigenvalue weighted by Gasteiger charge is 2.36. The van der Waals surface area contributed by atoms with E-state index in [-0.39, 0.29) is 18.5 Å². The van der Waals surface area contributed by atoms with Crippen molar-refractivity contribution in [3.63, 3.8) is 0 Å². The van der Waals surface area contributed by atoms with Gasteiger partial charge in [0.25, 0.3) is 0 Å². The van der Waals surface area contributed by atoms with Crippen LogP contribution in [0.4, 0.5) is 0 Å². The standard InChI is InChI=1S/C24H42O5/c1-3-5-7-9-11-12-14-16-20-18-21(29-24(20)27)22(19-25)28-23(26)17-15-13-10-8-6-4-2/h16,21-22,25H,3-15,17-19H2,1-2H3/b20-16-/t21-,22-/m0/s1. The average Bonchev–Trinajstić information content (AvgIpc) is 3.08. The smallest absolute Gasteiger partial charge is 0.334 e. The molecule has 1 rings (SSSR count). The number of rotatable bonds is 17. The topological polar surface area (TPSA) is 72.8 Å². The third-order valence-corrected chi connectivity index (χ3v) is 5.50. The Morgan fingerprint density at radius 3 is 2.24 bits per heavy atom. The quantitative estimate of drug-likeness (QED) is 0.191. The van der Waals surface area contributed by atoms with E-state index in [1.54, 1.807) is 0 Å². The van der Waals surface area contributed by atoms with E-state index in [1.807, 2.05) is 6.08 Å². The zero-order valence-corrected chi connectivity index (χ0v) is 18.6. The molecular weight excluding hydrogens is 368 g/mol. The maximum atomic E-state index is 12.1. The number of cyclic esters (lactones) is 1. The maximum absolute atomic E-state index is 12.1. The normalized spacial score (nSPS) is 18.8. The number of esters is 2. The van der Waals surface area contributed by atoms with Crippen LogP contribution in [0.3, 0.4) is 0 Å². The summed E-state index contributed by atoms with van der Waals surface area (Å²) in [5, 5.41) is 9.61. The summed E-state index contributed by atoms with van der Waals surface area (Å²) < 4.78 is 10.8. The molecule has 5 heteroatoms. The van der Waals surface area contributed by atoms with Gasteiger partial charge in [0.15, 0.2) is 6.10 Å². The van der Waals surface area contributed by atoms with E-state index in [9.17, 15) is 14.7 Å².